The van der Waals surface area contributed by atoms with Crippen LogP contribution in [0.2, 0.25) is 0 Å². The molecule has 0 atom stereocenters. The van der Waals surface area contributed by atoms with Crippen LogP contribution in [0, 0.1) is 11.7 Å². The zero-order valence-corrected chi connectivity index (χ0v) is 13.2. The average molecular weight is 307 g/mol. The molecule has 0 saturated heterocycles. The molecule has 1 aliphatic carbocycles. The van der Waals surface area contributed by atoms with E-state index >= 15 is 0 Å². The van der Waals surface area contributed by atoms with Gasteiger partial charge in [-0.25, -0.2) is 4.39 Å². The molecule has 0 aliphatic heterocycles. The van der Waals surface area contributed by atoms with E-state index in [2.05, 4.69) is 5.32 Å². The Morgan fingerprint density at radius 3 is 2.86 bits per heavy atom. The van der Waals surface area contributed by atoms with Gasteiger partial charge in [-0.05, 0) is 37.3 Å². The number of hydrogen-bond donors (Lipinski definition) is 1. The SMILES string of the molecule is O=C(CCCOc1cccc(F)c1)NCCCC1CCCC1. The first-order valence-electron chi connectivity index (χ1n) is 8.39. The highest BCUT2D eigenvalue weighted by molar-refractivity contribution is 5.75. The van der Waals surface area contributed by atoms with Crippen molar-refractivity contribution in [1.82, 2.24) is 5.32 Å². The predicted molar refractivity (Wildman–Crippen MR) is 85.3 cm³/mol. The van der Waals surface area contributed by atoms with Crippen LogP contribution < -0.4 is 10.1 Å². The van der Waals surface area contributed by atoms with Gasteiger partial charge >= 0.3 is 0 Å². The lowest BCUT2D eigenvalue weighted by molar-refractivity contribution is -0.121. The Balaban J connectivity index is 1.47. The van der Waals surface area contributed by atoms with Gasteiger partial charge in [-0.2, -0.15) is 0 Å². The number of hydrogen-bond acceptors (Lipinski definition) is 2. The third-order valence-corrected chi connectivity index (χ3v) is 4.20. The maximum absolute atomic E-state index is 12.9. The summed E-state index contributed by atoms with van der Waals surface area (Å²) >= 11 is 0. The Kier molecular flexibility index (Phi) is 7.20. The first kappa shape index (κ1) is 16.8. The van der Waals surface area contributed by atoms with E-state index < -0.39 is 0 Å². The quantitative estimate of drug-likeness (QED) is 0.698. The lowest BCUT2D eigenvalue weighted by atomic mass is 10.0. The molecule has 1 saturated carbocycles. The fraction of sp³-hybridized carbons (Fsp3) is 0.611. The molecule has 1 N–H and O–H groups in total. The summed E-state index contributed by atoms with van der Waals surface area (Å²) in [7, 11) is 0. The maximum atomic E-state index is 12.9. The smallest absolute Gasteiger partial charge is 0.220 e. The van der Waals surface area contributed by atoms with Crippen LogP contribution in [-0.2, 0) is 4.79 Å². The van der Waals surface area contributed by atoms with E-state index in [1.54, 1.807) is 12.1 Å². The number of carbonyl (C=O) groups excluding carboxylic acids is 1. The van der Waals surface area contributed by atoms with E-state index in [4.69, 9.17) is 4.74 Å². The summed E-state index contributed by atoms with van der Waals surface area (Å²) in [5.74, 6) is 1.17. The molecule has 1 aromatic rings. The molecule has 0 spiro atoms. The van der Waals surface area contributed by atoms with Crippen LogP contribution in [-0.4, -0.2) is 19.1 Å². The summed E-state index contributed by atoms with van der Waals surface area (Å²) in [5, 5.41) is 2.96. The van der Waals surface area contributed by atoms with Crippen molar-refractivity contribution in [3.8, 4) is 5.75 Å². The molecule has 4 heteroatoms. The van der Waals surface area contributed by atoms with Crippen LogP contribution >= 0.6 is 0 Å². The number of nitrogens with one attached hydrogen (secondary N) is 1. The van der Waals surface area contributed by atoms with Crippen LogP contribution in [0.1, 0.15) is 51.4 Å². The first-order chi connectivity index (χ1) is 10.7. The number of halogens is 1. The standard InChI is InChI=1S/C18H26FNO2/c19-16-9-3-10-17(14-16)22-13-5-11-18(21)20-12-4-8-15-6-1-2-7-15/h3,9-10,14-15H,1-2,4-8,11-13H2,(H,20,21). The molecule has 3 nitrogen and oxygen atoms in total. The van der Waals surface area contributed by atoms with Crippen molar-refractivity contribution in [2.24, 2.45) is 5.92 Å². The highest BCUT2D eigenvalue weighted by Crippen LogP contribution is 2.28. The van der Waals surface area contributed by atoms with Gasteiger partial charge in [0.25, 0.3) is 0 Å². The highest BCUT2D eigenvalue weighted by atomic mass is 19.1. The van der Waals surface area contributed by atoms with Gasteiger partial charge < -0.3 is 10.1 Å². The number of amides is 1. The van der Waals surface area contributed by atoms with E-state index in [0.29, 0.717) is 25.2 Å². The molecule has 1 fully saturated rings. The van der Waals surface area contributed by atoms with Gasteiger partial charge in [-0.15, -0.1) is 0 Å². The van der Waals surface area contributed by atoms with E-state index in [-0.39, 0.29) is 11.7 Å². The van der Waals surface area contributed by atoms with Gasteiger partial charge in [-0.1, -0.05) is 31.7 Å². The molecule has 1 aromatic carbocycles. The second-order valence-electron chi connectivity index (χ2n) is 6.05. The molecule has 0 bridgehead atoms. The van der Waals surface area contributed by atoms with Crippen molar-refractivity contribution < 1.29 is 13.9 Å². The van der Waals surface area contributed by atoms with Crippen LogP contribution in [0.4, 0.5) is 4.39 Å². The summed E-state index contributed by atoms with van der Waals surface area (Å²) in [5.41, 5.74) is 0. The zero-order chi connectivity index (χ0) is 15.6. The number of rotatable bonds is 9. The fourth-order valence-electron chi connectivity index (χ4n) is 2.99. The predicted octanol–water partition coefficient (Wildman–Crippen LogP) is 4.07. The van der Waals surface area contributed by atoms with Crippen molar-refractivity contribution in [3.63, 3.8) is 0 Å². The second-order valence-corrected chi connectivity index (χ2v) is 6.05. The average Bonchev–Trinajstić information content (AvgIpc) is 3.02. The third kappa shape index (κ3) is 6.46. The molecular formula is C18H26FNO2. The Morgan fingerprint density at radius 2 is 2.09 bits per heavy atom. The van der Waals surface area contributed by atoms with E-state index in [1.165, 1.54) is 44.2 Å². The van der Waals surface area contributed by atoms with Crippen LogP contribution in [0.3, 0.4) is 0 Å². The number of benzene rings is 1. The van der Waals surface area contributed by atoms with Crippen molar-refractivity contribution in [1.29, 1.82) is 0 Å². The summed E-state index contributed by atoms with van der Waals surface area (Å²) in [4.78, 5) is 11.7. The molecular weight excluding hydrogens is 281 g/mol. The molecule has 2 rings (SSSR count). The lowest BCUT2D eigenvalue weighted by Gasteiger charge is -2.09. The molecule has 1 amide bonds. The molecule has 122 valence electrons. The molecule has 0 radical (unpaired) electrons. The van der Waals surface area contributed by atoms with Gasteiger partial charge in [0.15, 0.2) is 0 Å². The molecule has 22 heavy (non-hydrogen) atoms. The zero-order valence-electron chi connectivity index (χ0n) is 13.2. The third-order valence-electron chi connectivity index (χ3n) is 4.20. The fourth-order valence-corrected chi connectivity index (χ4v) is 2.99. The van der Waals surface area contributed by atoms with Crippen molar-refractivity contribution in [2.75, 3.05) is 13.2 Å². The number of carbonyl (C=O) groups is 1. The molecule has 0 aromatic heterocycles. The molecule has 0 unspecified atom stereocenters. The summed E-state index contributed by atoms with van der Waals surface area (Å²) < 4.78 is 18.4. The van der Waals surface area contributed by atoms with E-state index in [0.717, 1.165) is 18.9 Å². The van der Waals surface area contributed by atoms with Gasteiger partial charge in [0.1, 0.15) is 11.6 Å². The highest BCUT2D eigenvalue weighted by Gasteiger charge is 2.14. The van der Waals surface area contributed by atoms with Crippen molar-refractivity contribution in [3.05, 3.63) is 30.1 Å². The topological polar surface area (TPSA) is 38.3 Å². The Labute approximate surface area is 132 Å². The Morgan fingerprint density at radius 1 is 1.27 bits per heavy atom. The minimum atomic E-state index is -0.308. The monoisotopic (exact) mass is 307 g/mol. The lowest BCUT2D eigenvalue weighted by Crippen LogP contribution is -2.24. The Bertz CT molecular complexity index is 458. The molecule has 0 heterocycles. The molecule has 1 aliphatic rings. The van der Waals surface area contributed by atoms with Crippen molar-refractivity contribution >= 4 is 5.91 Å². The van der Waals surface area contributed by atoms with Crippen molar-refractivity contribution in [2.45, 2.75) is 51.4 Å². The minimum Gasteiger partial charge on any atom is -0.493 e. The summed E-state index contributed by atoms with van der Waals surface area (Å²) in [6.07, 6.45) is 8.91. The largest absolute Gasteiger partial charge is 0.493 e. The minimum absolute atomic E-state index is 0.0780. The van der Waals surface area contributed by atoms with Gasteiger partial charge in [0.2, 0.25) is 5.91 Å². The van der Waals surface area contributed by atoms with Gasteiger partial charge in [0.05, 0.1) is 6.61 Å². The van der Waals surface area contributed by atoms with Crippen LogP contribution in [0.15, 0.2) is 24.3 Å². The van der Waals surface area contributed by atoms with Gasteiger partial charge in [0, 0.05) is 19.0 Å². The van der Waals surface area contributed by atoms with E-state index in [9.17, 15) is 9.18 Å². The maximum Gasteiger partial charge on any atom is 0.220 e. The Hall–Kier alpha value is -1.58. The van der Waals surface area contributed by atoms with Crippen LogP contribution in [0.25, 0.3) is 0 Å². The van der Waals surface area contributed by atoms with E-state index in [1.807, 2.05) is 0 Å². The van der Waals surface area contributed by atoms with Gasteiger partial charge in [-0.3, -0.25) is 4.79 Å². The first-order valence-corrected chi connectivity index (χ1v) is 8.39. The second kappa shape index (κ2) is 9.44. The number of ether oxygens (including phenoxy) is 1. The normalized spacial score (nSPS) is 15.0. The van der Waals surface area contributed by atoms with Crippen LogP contribution in [0.5, 0.6) is 5.75 Å². The summed E-state index contributed by atoms with van der Waals surface area (Å²) in [6, 6.07) is 6.06. The summed E-state index contributed by atoms with van der Waals surface area (Å²) in [6.45, 7) is 1.21.